The van der Waals surface area contributed by atoms with E-state index in [0.717, 1.165) is 13.0 Å². The number of carbonyl (C=O) groups excluding carboxylic acids is 1. The highest BCUT2D eigenvalue weighted by Crippen LogP contribution is 2.08. The van der Waals surface area contributed by atoms with Gasteiger partial charge in [0.1, 0.15) is 0 Å². The molecule has 0 aliphatic heterocycles. The summed E-state index contributed by atoms with van der Waals surface area (Å²) in [4.78, 5) is 12.0. The fourth-order valence-corrected chi connectivity index (χ4v) is 1.77. The Labute approximate surface area is 98.1 Å². The van der Waals surface area contributed by atoms with E-state index in [2.05, 4.69) is 17.4 Å². The molecule has 1 N–H and O–H groups in total. The van der Waals surface area contributed by atoms with Crippen molar-refractivity contribution in [2.75, 3.05) is 6.54 Å². The lowest BCUT2D eigenvalue weighted by molar-refractivity contribution is -0.123. The van der Waals surface area contributed by atoms with Gasteiger partial charge in [0, 0.05) is 5.92 Å². The number of rotatable bonds is 6. The average molecular weight is 219 g/mol. The van der Waals surface area contributed by atoms with Gasteiger partial charge in [-0.3, -0.25) is 4.79 Å². The third kappa shape index (κ3) is 3.78. The molecule has 0 heterocycles. The first-order valence-corrected chi connectivity index (χ1v) is 5.96. The highest BCUT2D eigenvalue weighted by Gasteiger charge is 2.20. The van der Waals surface area contributed by atoms with Gasteiger partial charge < -0.3 is 5.32 Å². The Morgan fingerprint density at radius 3 is 2.38 bits per heavy atom. The summed E-state index contributed by atoms with van der Waals surface area (Å²) < 4.78 is 0. The Balaban J connectivity index is 2.68. The zero-order chi connectivity index (χ0) is 12.0. The van der Waals surface area contributed by atoms with E-state index in [4.69, 9.17) is 0 Å². The lowest BCUT2D eigenvalue weighted by Crippen LogP contribution is -2.40. The zero-order valence-corrected chi connectivity index (χ0v) is 10.4. The quantitative estimate of drug-likeness (QED) is 0.796. The van der Waals surface area contributed by atoms with Crippen LogP contribution in [-0.2, 0) is 11.2 Å². The minimum Gasteiger partial charge on any atom is -0.307 e. The summed E-state index contributed by atoms with van der Waals surface area (Å²) in [7, 11) is 0. The van der Waals surface area contributed by atoms with Crippen molar-refractivity contribution in [3.05, 3.63) is 35.9 Å². The molecule has 1 atom stereocenters. The summed E-state index contributed by atoms with van der Waals surface area (Å²) in [5.41, 5.74) is 1.21. The molecule has 2 nitrogen and oxygen atoms in total. The predicted octanol–water partition coefficient (Wildman–Crippen LogP) is 2.43. The van der Waals surface area contributed by atoms with Crippen LogP contribution in [0.25, 0.3) is 0 Å². The summed E-state index contributed by atoms with van der Waals surface area (Å²) in [6, 6.07) is 10.1. The monoisotopic (exact) mass is 219 g/mol. The molecular formula is C14H21NO. The number of likely N-dealkylation sites (N-methyl/N-ethyl adjacent to an activating group) is 1. The van der Waals surface area contributed by atoms with Crippen molar-refractivity contribution in [3.8, 4) is 0 Å². The molecule has 0 spiro atoms. The average Bonchev–Trinajstić information content (AvgIpc) is 2.29. The maximum atomic E-state index is 12.0. The third-order valence-corrected chi connectivity index (χ3v) is 2.65. The molecule has 0 aliphatic carbocycles. The van der Waals surface area contributed by atoms with Crippen LogP contribution in [0.5, 0.6) is 0 Å². The first-order chi connectivity index (χ1) is 7.65. The largest absolute Gasteiger partial charge is 0.307 e. The molecule has 0 saturated carbocycles. The van der Waals surface area contributed by atoms with E-state index in [1.807, 2.05) is 39.0 Å². The zero-order valence-electron chi connectivity index (χ0n) is 10.4. The summed E-state index contributed by atoms with van der Waals surface area (Å²) in [5, 5.41) is 3.26. The van der Waals surface area contributed by atoms with Crippen molar-refractivity contribution in [1.82, 2.24) is 5.32 Å². The van der Waals surface area contributed by atoms with Crippen LogP contribution in [0.3, 0.4) is 0 Å². The van der Waals surface area contributed by atoms with E-state index in [0.29, 0.717) is 5.78 Å². The van der Waals surface area contributed by atoms with E-state index < -0.39 is 0 Å². The molecule has 0 fully saturated rings. The SMILES string of the molecule is CCN[C@@H](Cc1ccccc1)C(=O)C(C)C. The molecule has 1 aromatic rings. The highest BCUT2D eigenvalue weighted by molar-refractivity contribution is 5.86. The smallest absolute Gasteiger partial charge is 0.152 e. The second-order valence-corrected chi connectivity index (χ2v) is 4.36. The number of nitrogens with one attached hydrogen (secondary N) is 1. The van der Waals surface area contributed by atoms with Crippen LogP contribution in [0.1, 0.15) is 26.3 Å². The van der Waals surface area contributed by atoms with E-state index in [1.165, 1.54) is 5.56 Å². The van der Waals surface area contributed by atoms with Gasteiger partial charge in [-0.05, 0) is 18.5 Å². The van der Waals surface area contributed by atoms with Crippen LogP contribution in [-0.4, -0.2) is 18.4 Å². The fraction of sp³-hybridized carbons (Fsp3) is 0.500. The van der Waals surface area contributed by atoms with Crippen molar-refractivity contribution in [1.29, 1.82) is 0 Å². The third-order valence-electron chi connectivity index (χ3n) is 2.65. The number of carbonyl (C=O) groups is 1. The van der Waals surface area contributed by atoms with Gasteiger partial charge in [0.15, 0.2) is 5.78 Å². The normalized spacial score (nSPS) is 12.8. The van der Waals surface area contributed by atoms with Gasteiger partial charge >= 0.3 is 0 Å². The molecule has 1 rings (SSSR count). The van der Waals surface area contributed by atoms with Crippen LogP contribution < -0.4 is 5.32 Å². The van der Waals surface area contributed by atoms with E-state index >= 15 is 0 Å². The van der Waals surface area contributed by atoms with Gasteiger partial charge in [-0.15, -0.1) is 0 Å². The Hall–Kier alpha value is -1.15. The van der Waals surface area contributed by atoms with Crippen molar-refractivity contribution >= 4 is 5.78 Å². The lowest BCUT2D eigenvalue weighted by Gasteiger charge is -2.18. The molecule has 2 heteroatoms. The van der Waals surface area contributed by atoms with Gasteiger partial charge in [-0.25, -0.2) is 0 Å². The van der Waals surface area contributed by atoms with Crippen molar-refractivity contribution in [2.24, 2.45) is 5.92 Å². The highest BCUT2D eigenvalue weighted by atomic mass is 16.1. The topological polar surface area (TPSA) is 29.1 Å². The maximum Gasteiger partial charge on any atom is 0.152 e. The van der Waals surface area contributed by atoms with Crippen LogP contribution >= 0.6 is 0 Å². The molecule has 1 aromatic carbocycles. The van der Waals surface area contributed by atoms with Crippen LogP contribution in [0.15, 0.2) is 30.3 Å². The van der Waals surface area contributed by atoms with E-state index in [-0.39, 0.29) is 12.0 Å². The molecule has 0 bridgehead atoms. The number of hydrogen-bond acceptors (Lipinski definition) is 2. The first kappa shape index (κ1) is 12.9. The Morgan fingerprint density at radius 1 is 1.25 bits per heavy atom. The number of hydrogen-bond donors (Lipinski definition) is 1. The van der Waals surface area contributed by atoms with Gasteiger partial charge in [-0.2, -0.15) is 0 Å². The van der Waals surface area contributed by atoms with E-state index in [9.17, 15) is 4.79 Å². The Bertz CT molecular complexity index is 319. The van der Waals surface area contributed by atoms with Crippen LogP contribution in [0.4, 0.5) is 0 Å². The molecule has 0 aromatic heterocycles. The second-order valence-electron chi connectivity index (χ2n) is 4.36. The number of benzene rings is 1. The molecule has 0 unspecified atom stereocenters. The Kier molecular flexibility index (Phi) is 5.20. The maximum absolute atomic E-state index is 12.0. The predicted molar refractivity (Wildman–Crippen MR) is 67.5 cm³/mol. The molecule has 0 aliphatic rings. The summed E-state index contributed by atoms with van der Waals surface area (Å²) in [5.74, 6) is 0.387. The molecule has 0 radical (unpaired) electrons. The van der Waals surface area contributed by atoms with Gasteiger partial charge in [0.05, 0.1) is 6.04 Å². The fourth-order valence-electron chi connectivity index (χ4n) is 1.77. The van der Waals surface area contributed by atoms with E-state index in [1.54, 1.807) is 0 Å². The van der Waals surface area contributed by atoms with Crippen LogP contribution in [0, 0.1) is 5.92 Å². The summed E-state index contributed by atoms with van der Waals surface area (Å²) >= 11 is 0. The molecule has 16 heavy (non-hydrogen) atoms. The van der Waals surface area contributed by atoms with Gasteiger partial charge in [0.25, 0.3) is 0 Å². The van der Waals surface area contributed by atoms with Crippen molar-refractivity contribution < 1.29 is 4.79 Å². The second kappa shape index (κ2) is 6.44. The van der Waals surface area contributed by atoms with Crippen LogP contribution in [0.2, 0.25) is 0 Å². The summed E-state index contributed by atoms with van der Waals surface area (Å²) in [6.07, 6.45) is 0.783. The molecule has 0 amide bonds. The van der Waals surface area contributed by atoms with Gasteiger partial charge in [-0.1, -0.05) is 51.1 Å². The first-order valence-electron chi connectivity index (χ1n) is 5.96. The molecule has 0 saturated heterocycles. The number of ketones is 1. The molecular weight excluding hydrogens is 198 g/mol. The standard InChI is InChI=1S/C14H21NO/c1-4-15-13(14(16)11(2)3)10-12-8-6-5-7-9-12/h5-9,11,13,15H,4,10H2,1-3H3/t13-/m0/s1. The number of Topliss-reactive ketones (excluding diaryl/α,β-unsaturated/α-hetero) is 1. The Morgan fingerprint density at radius 2 is 1.88 bits per heavy atom. The van der Waals surface area contributed by atoms with Gasteiger partial charge in [0.2, 0.25) is 0 Å². The minimum absolute atomic E-state index is 0.0487. The summed E-state index contributed by atoms with van der Waals surface area (Å²) in [6.45, 7) is 6.77. The molecule has 88 valence electrons. The minimum atomic E-state index is -0.0487. The lowest BCUT2D eigenvalue weighted by atomic mass is 9.96. The van der Waals surface area contributed by atoms with Crippen molar-refractivity contribution in [3.63, 3.8) is 0 Å². The van der Waals surface area contributed by atoms with Crippen molar-refractivity contribution in [2.45, 2.75) is 33.2 Å².